The lowest BCUT2D eigenvalue weighted by atomic mass is 10.2. The maximum Gasteiger partial charge on any atom is 0.323 e. The van der Waals surface area contributed by atoms with Gasteiger partial charge in [0.25, 0.3) is 0 Å². The Morgan fingerprint density at radius 2 is 0.853 bits per heavy atom. The molecule has 0 atom stereocenters. The first-order valence-corrected chi connectivity index (χ1v) is 10.6. The predicted molar refractivity (Wildman–Crippen MR) is 135 cm³/mol. The van der Waals surface area contributed by atoms with Gasteiger partial charge >= 0.3 is 12.1 Å². The summed E-state index contributed by atoms with van der Waals surface area (Å²) in [6, 6.07) is 28.2. The van der Waals surface area contributed by atoms with Crippen LogP contribution in [0.25, 0.3) is 22.1 Å². The molecular weight excluding hydrogens is 428 g/mol. The summed E-state index contributed by atoms with van der Waals surface area (Å²) in [5, 5.41) is 11.2. The standard InChI is InChI=1S/C26H20N6O2/c33-25(27-17-9-3-1-4-10-17)31-23-15-21-22(30-20-14-8-7-13-19(20)29-21)16-24(23)32-26(34)28-18-11-5-2-6-12-18/h1-16H,(H2,27,31,33)(H2,28,32,34). The van der Waals surface area contributed by atoms with Crippen molar-refractivity contribution >= 4 is 56.9 Å². The number of carbonyl (C=O) groups is 2. The normalized spacial score (nSPS) is 10.6. The van der Waals surface area contributed by atoms with Gasteiger partial charge in [0.1, 0.15) is 0 Å². The number of benzene rings is 4. The molecule has 0 aliphatic heterocycles. The van der Waals surface area contributed by atoms with Crippen LogP contribution in [0.5, 0.6) is 0 Å². The number of hydrogen-bond acceptors (Lipinski definition) is 4. The average molecular weight is 448 g/mol. The van der Waals surface area contributed by atoms with E-state index in [0.29, 0.717) is 33.8 Å². The van der Waals surface area contributed by atoms with E-state index in [-0.39, 0.29) is 0 Å². The van der Waals surface area contributed by atoms with Crippen molar-refractivity contribution in [2.24, 2.45) is 0 Å². The molecule has 0 fully saturated rings. The molecule has 0 aliphatic rings. The molecule has 0 aliphatic carbocycles. The van der Waals surface area contributed by atoms with Gasteiger partial charge in [-0.2, -0.15) is 0 Å². The van der Waals surface area contributed by atoms with E-state index >= 15 is 0 Å². The molecule has 4 aromatic carbocycles. The third-order valence-electron chi connectivity index (χ3n) is 5.04. The van der Waals surface area contributed by atoms with Crippen molar-refractivity contribution in [3.8, 4) is 0 Å². The molecule has 34 heavy (non-hydrogen) atoms. The molecule has 0 bridgehead atoms. The van der Waals surface area contributed by atoms with Gasteiger partial charge in [0, 0.05) is 11.4 Å². The highest BCUT2D eigenvalue weighted by molar-refractivity contribution is 6.08. The number of nitrogens with one attached hydrogen (secondary N) is 4. The van der Waals surface area contributed by atoms with E-state index in [4.69, 9.17) is 0 Å². The van der Waals surface area contributed by atoms with Crippen LogP contribution in [0.2, 0.25) is 0 Å². The zero-order valence-electron chi connectivity index (χ0n) is 17.9. The predicted octanol–water partition coefficient (Wildman–Crippen LogP) is 6.07. The number of carbonyl (C=O) groups excluding carboxylic acids is 2. The Morgan fingerprint density at radius 3 is 1.26 bits per heavy atom. The van der Waals surface area contributed by atoms with Gasteiger partial charge in [0.05, 0.1) is 33.4 Å². The number of nitrogens with zero attached hydrogens (tertiary/aromatic N) is 2. The maximum atomic E-state index is 12.7. The topological polar surface area (TPSA) is 108 Å². The van der Waals surface area contributed by atoms with E-state index in [1.165, 1.54) is 0 Å². The molecule has 0 spiro atoms. The third kappa shape index (κ3) is 4.76. The van der Waals surface area contributed by atoms with E-state index in [9.17, 15) is 9.59 Å². The highest BCUT2D eigenvalue weighted by Crippen LogP contribution is 2.28. The van der Waals surface area contributed by atoms with Gasteiger partial charge in [0.15, 0.2) is 0 Å². The summed E-state index contributed by atoms with van der Waals surface area (Å²) < 4.78 is 0. The van der Waals surface area contributed by atoms with Gasteiger partial charge in [-0.3, -0.25) is 0 Å². The van der Waals surface area contributed by atoms with Crippen molar-refractivity contribution in [2.45, 2.75) is 0 Å². The molecule has 5 aromatic rings. The molecule has 0 radical (unpaired) electrons. The summed E-state index contributed by atoms with van der Waals surface area (Å²) in [5.74, 6) is 0. The van der Waals surface area contributed by atoms with Crippen LogP contribution in [0.1, 0.15) is 0 Å². The fourth-order valence-electron chi connectivity index (χ4n) is 3.49. The summed E-state index contributed by atoms with van der Waals surface area (Å²) in [7, 11) is 0. The van der Waals surface area contributed by atoms with E-state index in [0.717, 1.165) is 11.0 Å². The Morgan fingerprint density at radius 1 is 0.471 bits per heavy atom. The Balaban J connectivity index is 1.48. The largest absolute Gasteiger partial charge is 0.323 e. The van der Waals surface area contributed by atoms with Crippen LogP contribution in [0.15, 0.2) is 97.1 Å². The van der Waals surface area contributed by atoms with Crippen molar-refractivity contribution in [3.05, 3.63) is 97.1 Å². The second-order valence-corrected chi connectivity index (χ2v) is 7.49. The van der Waals surface area contributed by atoms with E-state index in [1.54, 1.807) is 36.4 Å². The monoisotopic (exact) mass is 448 g/mol. The number of hydrogen-bond donors (Lipinski definition) is 4. The molecule has 4 N–H and O–H groups in total. The van der Waals surface area contributed by atoms with Gasteiger partial charge < -0.3 is 21.3 Å². The van der Waals surface area contributed by atoms with Crippen LogP contribution >= 0.6 is 0 Å². The van der Waals surface area contributed by atoms with Crippen molar-refractivity contribution in [2.75, 3.05) is 21.3 Å². The number of fused-ring (bicyclic) bond motifs is 2. The zero-order valence-corrected chi connectivity index (χ0v) is 17.9. The third-order valence-corrected chi connectivity index (χ3v) is 5.04. The first kappa shape index (κ1) is 20.9. The number of urea groups is 2. The molecule has 1 heterocycles. The number of amides is 4. The minimum atomic E-state index is -0.453. The van der Waals surface area contributed by atoms with Crippen LogP contribution in [0, 0.1) is 0 Å². The summed E-state index contributed by atoms with van der Waals surface area (Å²) in [4.78, 5) is 34.7. The van der Waals surface area contributed by atoms with E-state index in [1.807, 2.05) is 60.7 Å². The van der Waals surface area contributed by atoms with Crippen molar-refractivity contribution in [3.63, 3.8) is 0 Å². The Kier molecular flexibility index (Phi) is 5.69. The Hall–Kier alpha value is -4.98. The average Bonchev–Trinajstić information content (AvgIpc) is 2.84. The quantitative estimate of drug-likeness (QED) is 0.250. The summed E-state index contributed by atoms with van der Waals surface area (Å²) >= 11 is 0. The molecule has 0 unspecified atom stereocenters. The molecule has 166 valence electrons. The fraction of sp³-hybridized carbons (Fsp3) is 0. The van der Waals surface area contributed by atoms with E-state index in [2.05, 4.69) is 31.2 Å². The molecule has 8 heteroatoms. The molecule has 0 saturated carbocycles. The summed E-state index contributed by atoms with van der Waals surface area (Å²) in [6.07, 6.45) is 0. The first-order valence-electron chi connectivity index (χ1n) is 10.6. The lowest BCUT2D eigenvalue weighted by molar-refractivity contribution is 0.261. The van der Waals surface area contributed by atoms with Gasteiger partial charge in [-0.05, 0) is 48.5 Å². The van der Waals surface area contributed by atoms with Crippen LogP contribution in [0.3, 0.4) is 0 Å². The molecule has 0 saturated heterocycles. The van der Waals surface area contributed by atoms with E-state index < -0.39 is 12.1 Å². The molecule has 5 rings (SSSR count). The summed E-state index contributed by atoms with van der Waals surface area (Å²) in [5.41, 5.74) is 4.69. The second-order valence-electron chi connectivity index (χ2n) is 7.49. The van der Waals surface area contributed by atoms with Gasteiger partial charge in [-0.15, -0.1) is 0 Å². The highest BCUT2D eigenvalue weighted by atomic mass is 16.2. The Labute approximate surface area is 195 Å². The maximum absolute atomic E-state index is 12.7. The second kappa shape index (κ2) is 9.25. The van der Waals surface area contributed by atoms with Crippen LogP contribution in [0.4, 0.5) is 32.3 Å². The molecule has 4 amide bonds. The lowest BCUT2D eigenvalue weighted by Gasteiger charge is -2.15. The summed E-state index contributed by atoms with van der Waals surface area (Å²) in [6.45, 7) is 0. The smallest absolute Gasteiger partial charge is 0.308 e. The number of anilines is 4. The highest BCUT2D eigenvalue weighted by Gasteiger charge is 2.14. The van der Waals surface area contributed by atoms with Crippen molar-refractivity contribution in [1.82, 2.24) is 9.97 Å². The first-order chi connectivity index (χ1) is 16.6. The van der Waals surface area contributed by atoms with Crippen LogP contribution in [-0.4, -0.2) is 22.0 Å². The molecular formula is C26H20N6O2. The molecule has 8 nitrogen and oxygen atoms in total. The molecule has 1 aromatic heterocycles. The lowest BCUT2D eigenvalue weighted by Crippen LogP contribution is -2.23. The number of rotatable bonds is 4. The van der Waals surface area contributed by atoms with Gasteiger partial charge in [-0.25, -0.2) is 19.6 Å². The zero-order chi connectivity index (χ0) is 23.3. The van der Waals surface area contributed by atoms with Crippen LogP contribution in [-0.2, 0) is 0 Å². The minimum absolute atomic E-state index is 0.383. The fourth-order valence-corrected chi connectivity index (χ4v) is 3.49. The minimum Gasteiger partial charge on any atom is -0.308 e. The number of para-hydroxylation sites is 4. The number of aromatic nitrogens is 2. The van der Waals surface area contributed by atoms with Gasteiger partial charge in [-0.1, -0.05) is 48.5 Å². The van der Waals surface area contributed by atoms with Crippen molar-refractivity contribution in [1.29, 1.82) is 0 Å². The van der Waals surface area contributed by atoms with Crippen molar-refractivity contribution < 1.29 is 9.59 Å². The Bertz CT molecular complexity index is 1380. The SMILES string of the molecule is O=C(Nc1ccccc1)Nc1cc2nc3ccccc3nc2cc1NC(=O)Nc1ccccc1. The van der Waals surface area contributed by atoms with Crippen LogP contribution < -0.4 is 21.3 Å². The van der Waals surface area contributed by atoms with Gasteiger partial charge in [0.2, 0.25) is 0 Å².